The zero-order valence-electron chi connectivity index (χ0n) is 10.5. The maximum absolute atomic E-state index is 13.7. The molecule has 0 aromatic heterocycles. The van der Waals surface area contributed by atoms with E-state index < -0.39 is 10.7 Å². The van der Waals surface area contributed by atoms with E-state index in [-0.39, 0.29) is 15.3 Å². The van der Waals surface area contributed by atoms with E-state index in [9.17, 15) is 14.5 Å². The lowest BCUT2D eigenvalue weighted by Gasteiger charge is -2.23. The van der Waals surface area contributed by atoms with Crippen LogP contribution in [0.5, 0.6) is 0 Å². The zero-order chi connectivity index (χ0) is 14.2. The molecule has 0 aliphatic carbocycles. The molecule has 2 rings (SSSR count). The molecule has 0 radical (unpaired) electrons. The molecule has 1 aromatic carbocycles. The molecule has 0 bridgehead atoms. The van der Waals surface area contributed by atoms with Gasteiger partial charge in [-0.2, -0.15) is 0 Å². The van der Waals surface area contributed by atoms with Crippen LogP contribution in [0.1, 0.15) is 13.3 Å². The molecule has 1 fully saturated rings. The van der Waals surface area contributed by atoms with Gasteiger partial charge >= 0.3 is 0 Å². The minimum absolute atomic E-state index is 0.0460. The summed E-state index contributed by atoms with van der Waals surface area (Å²) in [6.45, 7) is 3.16. The molecule has 104 valence electrons. The van der Waals surface area contributed by atoms with Crippen molar-refractivity contribution in [1.29, 1.82) is 0 Å². The highest BCUT2D eigenvalue weighted by Crippen LogP contribution is 2.37. The van der Waals surface area contributed by atoms with E-state index in [4.69, 9.17) is 5.73 Å². The summed E-state index contributed by atoms with van der Waals surface area (Å²) in [5.74, 6) is -0.124. The number of hydrogen-bond acceptors (Lipinski definition) is 4. The predicted octanol–water partition coefficient (Wildman–Crippen LogP) is 2.51. The Morgan fingerprint density at radius 1 is 1.63 bits per heavy atom. The lowest BCUT2D eigenvalue weighted by Crippen LogP contribution is -2.28. The van der Waals surface area contributed by atoms with Gasteiger partial charge in [0.2, 0.25) is 0 Å². The summed E-state index contributed by atoms with van der Waals surface area (Å²) in [6, 6.07) is 2.68. The molecule has 2 unspecified atom stereocenters. The van der Waals surface area contributed by atoms with Crippen molar-refractivity contribution in [2.45, 2.75) is 19.4 Å². The monoisotopic (exact) mass is 379 g/mol. The summed E-state index contributed by atoms with van der Waals surface area (Å²) >= 11 is 1.76. The number of benzene rings is 1. The van der Waals surface area contributed by atoms with Crippen molar-refractivity contribution in [3.63, 3.8) is 0 Å². The van der Waals surface area contributed by atoms with Crippen LogP contribution in [0.3, 0.4) is 0 Å². The molecule has 5 nitrogen and oxygen atoms in total. The summed E-state index contributed by atoms with van der Waals surface area (Å²) in [7, 11) is 0. The first-order valence-electron chi connectivity index (χ1n) is 6.04. The Hall–Kier alpha value is -0.960. The number of anilines is 1. The second-order valence-electron chi connectivity index (χ2n) is 4.85. The fourth-order valence-corrected chi connectivity index (χ4v) is 3.00. The van der Waals surface area contributed by atoms with E-state index in [1.807, 2.05) is 11.8 Å². The van der Waals surface area contributed by atoms with E-state index in [1.165, 1.54) is 12.1 Å². The highest BCUT2D eigenvalue weighted by molar-refractivity contribution is 14.1. The minimum atomic E-state index is -0.459. The van der Waals surface area contributed by atoms with Gasteiger partial charge in [0.05, 0.1) is 8.49 Å². The number of nitro groups is 1. The van der Waals surface area contributed by atoms with Crippen LogP contribution >= 0.6 is 22.6 Å². The normalized spacial score (nSPS) is 22.8. The standard InChI is InChI=1S/C12H15FIN3O2/c1-7-2-8(5-15)6-16(7)11-3-9(13)10(14)4-12(11)17(18)19/h3-4,7-8H,2,5-6,15H2,1H3. The number of nitrogens with two attached hydrogens (primary N) is 1. The van der Waals surface area contributed by atoms with Crippen LogP contribution in [0.2, 0.25) is 0 Å². The number of halogens is 2. The van der Waals surface area contributed by atoms with Gasteiger partial charge in [0, 0.05) is 24.7 Å². The molecule has 0 spiro atoms. The van der Waals surface area contributed by atoms with Gasteiger partial charge in [-0.05, 0) is 48.4 Å². The van der Waals surface area contributed by atoms with Crippen molar-refractivity contribution in [1.82, 2.24) is 0 Å². The van der Waals surface area contributed by atoms with E-state index >= 15 is 0 Å². The van der Waals surface area contributed by atoms with Crippen molar-refractivity contribution in [3.05, 3.63) is 31.6 Å². The van der Waals surface area contributed by atoms with Crippen LogP contribution in [0.15, 0.2) is 12.1 Å². The zero-order valence-corrected chi connectivity index (χ0v) is 12.6. The molecule has 1 aromatic rings. The number of nitrogens with zero attached hydrogens (tertiary/aromatic N) is 2. The molecule has 1 aliphatic rings. The van der Waals surface area contributed by atoms with Gasteiger partial charge in [-0.15, -0.1) is 0 Å². The first-order chi connectivity index (χ1) is 8.93. The Labute approximate surface area is 124 Å². The molecule has 7 heteroatoms. The van der Waals surface area contributed by atoms with Gasteiger partial charge in [-0.25, -0.2) is 4.39 Å². The van der Waals surface area contributed by atoms with E-state index in [1.54, 1.807) is 22.6 Å². The van der Waals surface area contributed by atoms with Crippen molar-refractivity contribution >= 4 is 34.0 Å². The van der Waals surface area contributed by atoms with Crippen LogP contribution in [0.4, 0.5) is 15.8 Å². The lowest BCUT2D eigenvalue weighted by atomic mass is 10.1. The summed E-state index contributed by atoms with van der Waals surface area (Å²) in [6.07, 6.45) is 0.876. The van der Waals surface area contributed by atoms with Gasteiger partial charge in [0.15, 0.2) is 0 Å². The summed E-state index contributed by atoms with van der Waals surface area (Å²) < 4.78 is 14.0. The highest BCUT2D eigenvalue weighted by atomic mass is 127. The third-order valence-corrected chi connectivity index (χ3v) is 4.35. The Morgan fingerprint density at radius 3 is 2.84 bits per heavy atom. The average molecular weight is 379 g/mol. The molecule has 2 atom stereocenters. The van der Waals surface area contributed by atoms with E-state index in [0.717, 1.165) is 6.42 Å². The Bertz CT molecular complexity index is 512. The second kappa shape index (κ2) is 5.58. The van der Waals surface area contributed by atoms with Crippen molar-refractivity contribution in [2.24, 2.45) is 11.7 Å². The van der Waals surface area contributed by atoms with Gasteiger partial charge < -0.3 is 10.6 Å². The third kappa shape index (κ3) is 2.81. The van der Waals surface area contributed by atoms with Gasteiger partial charge in [0.25, 0.3) is 5.69 Å². The topological polar surface area (TPSA) is 72.4 Å². The SMILES string of the molecule is CC1CC(CN)CN1c1cc(F)c(I)cc1[N+](=O)[O-]. The quantitative estimate of drug-likeness (QED) is 0.498. The molecule has 1 saturated heterocycles. The van der Waals surface area contributed by atoms with Crippen molar-refractivity contribution in [3.8, 4) is 0 Å². The summed E-state index contributed by atoms with van der Waals surface area (Å²) in [5.41, 5.74) is 5.96. The van der Waals surface area contributed by atoms with Gasteiger partial charge in [0.1, 0.15) is 11.5 Å². The Kier molecular flexibility index (Phi) is 4.24. The number of hydrogen-bond donors (Lipinski definition) is 1. The van der Waals surface area contributed by atoms with Crippen LogP contribution in [-0.4, -0.2) is 24.1 Å². The average Bonchev–Trinajstić information content (AvgIpc) is 2.73. The van der Waals surface area contributed by atoms with Crippen LogP contribution in [-0.2, 0) is 0 Å². The molecule has 1 aliphatic heterocycles. The second-order valence-corrected chi connectivity index (χ2v) is 6.01. The largest absolute Gasteiger partial charge is 0.363 e. The maximum atomic E-state index is 13.7. The molecular weight excluding hydrogens is 364 g/mol. The Balaban J connectivity index is 2.44. The lowest BCUT2D eigenvalue weighted by molar-refractivity contribution is -0.384. The van der Waals surface area contributed by atoms with E-state index in [2.05, 4.69) is 0 Å². The van der Waals surface area contributed by atoms with Crippen LogP contribution < -0.4 is 10.6 Å². The maximum Gasteiger partial charge on any atom is 0.293 e. The number of nitro benzene ring substituents is 1. The van der Waals surface area contributed by atoms with Gasteiger partial charge in [-0.1, -0.05) is 0 Å². The minimum Gasteiger partial charge on any atom is -0.363 e. The molecule has 2 N–H and O–H groups in total. The first kappa shape index (κ1) is 14.4. The summed E-state index contributed by atoms with van der Waals surface area (Å²) in [5, 5.41) is 11.1. The third-order valence-electron chi connectivity index (χ3n) is 3.52. The fraction of sp³-hybridized carbons (Fsp3) is 0.500. The fourth-order valence-electron chi connectivity index (χ4n) is 2.55. The Morgan fingerprint density at radius 2 is 2.32 bits per heavy atom. The van der Waals surface area contributed by atoms with Crippen molar-refractivity contribution in [2.75, 3.05) is 18.0 Å². The number of rotatable bonds is 3. The summed E-state index contributed by atoms with van der Waals surface area (Å²) in [4.78, 5) is 12.6. The molecule has 19 heavy (non-hydrogen) atoms. The molecule has 0 saturated carbocycles. The molecular formula is C12H15FIN3O2. The predicted molar refractivity (Wildman–Crippen MR) is 79.7 cm³/mol. The highest BCUT2D eigenvalue weighted by Gasteiger charge is 2.33. The van der Waals surface area contributed by atoms with Crippen LogP contribution in [0, 0.1) is 25.4 Å². The molecule has 1 heterocycles. The smallest absolute Gasteiger partial charge is 0.293 e. The molecule has 0 amide bonds. The first-order valence-corrected chi connectivity index (χ1v) is 7.12. The van der Waals surface area contributed by atoms with Crippen molar-refractivity contribution < 1.29 is 9.31 Å². The van der Waals surface area contributed by atoms with E-state index in [0.29, 0.717) is 24.7 Å². The van der Waals surface area contributed by atoms with Crippen LogP contribution in [0.25, 0.3) is 0 Å². The van der Waals surface area contributed by atoms with Gasteiger partial charge in [-0.3, -0.25) is 10.1 Å².